The van der Waals surface area contributed by atoms with Crippen molar-refractivity contribution in [3.8, 4) is 5.69 Å². The molecule has 1 saturated carbocycles. The molecular weight excluding hydrogens is 250 g/mol. The zero-order valence-corrected chi connectivity index (χ0v) is 12.1. The van der Waals surface area contributed by atoms with Crippen LogP contribution in [-0.2, 0) is 5.41 Å². The fourth-order valence-corrected chi connectivity index (χ4v) is 2.42. The molecule has 1 aromatic heterocycles. The Morgan fingerprint density at radius 3 is 2.35 bits per heavy atom. The maximum Gasteiger partial charge on any atom is 0.172 e. The molecule has 1 aliphatic carbocycles. The molecular formula is C16H19N3O. The van der Waals surface area contributed by atoms with Crippen molar-refractivity contribution in [2.45, 2.75) is 44.9 Å². The Bertz CT molecular complexity index is 631. The van der Waals surface area contributed by atoms with Crippen LogP contribution >= 0.6 is 0 Å². The Morgan fingerprint density at radius 1 is 1.20 bits per heavy atom. The Hall–Kier alpha value is -1.97. The lowest BCUT2D eigenvalue weighted by molar-refractivity contribution is 0.111. The van der Waals surface area contributed by atoms with Crippen LogP contribution < -0.4 is 0 Å². The molecule has 0 spiro atoms. The maximum atomic E-state index is 11.1. The maximum absolute atomic E-state index is 11.1. The number of nitrogens with zero attached hydrogens (tertiary/aromatic N) is 3. The summed E-state index contributed by atoms with van der Waals surface area (Å²) < 4.78 is 1.81. The lowest BCUT2D eigenvalue weighted by Crippen LogP contribution is -2.11. The van der Waals surface area contributed by atoms with Gasteiger partial charge in [-0.25, -0.2) is 4.68 Å². The zero-order valence-electron chi connectivity index (χ0n) is 12.1. The fourth-order valence-electron chi connectivity index (χ4n) is 2.42. The van der Waals surface area contributed by atoms with Gasteiger partial charge >= 0.3 is 0 Å². The molecule has 2 aromatic rings. The van der Waals surface area contributed by atoms with Crippen molar-refractivity contribution >= 4 is 6.29 Å². The highest BCUT2D eigenvalue weighted by Crippen LogP contribution is 2.41. The summed E-state index contributed by atoms with van der Waals surface area (Å²) in [5.41, 5.74) is 3.83. The van der Waals surface area contributed by atoms with Crippen molar-refractivity contribution in [1.82, 2.24) is 15.0 Å². The van der Waals surface area contributed by atoms with Gasteiger partial charge in [0.05, 0.1) is 11.4 Å². The van der Waals surface area contributed by atoms with Crippen LogP contribution in [0.15, 0.2) is 24.3 Å². The lowest BCUT2D eigenvalue weighted by Gasteiger charge is -2.19. The highest BCUT2D eigenvalue weighted by molar-refractivity contribution is 5.74. The summed E-state index contributed by atoms with van der Waals surface area (Å²) >= 11 is 0. The van der Waals surface area contributed by atoms with E-state index in [1.807, 2.05) is 4.68 Å². The molecule has 1 aliphatic rings. The standard InChI is InChI=1S/C16H19N3O/c1-16(2,3)12-6-8-13(9-7-12)19-15(11-4-5-11)14(10-20)17-18-19/h6-11H,4-5H2,1-3H3. The SMILES string of the molecule is CC(C)(C)c1ccc(-n2nnc(C=O)c2C2CC2)cc1. The van der Waals surface area contributed by atoms with E-state index < -0.39 is 0 Å². The summed E-state index contributed by atoms with van der Waals surface area (Å²) in [7, 11) is 0. The summed E-state index contributed by atoms with van der Waals surface area (Å²) in [6.45, 7) is 6.58. The van der Waals surface area contributed by atoms with Crippen LogP contribution in [0.25, 0.3) is 5.69 Å². The van der Waals surface area contributed by atoms with Gasteiger partial charge in [0, 0.05) is 5.92 Å². The van der Waals surface area contributed by atoms with Gasteiger partial charge in [0.15, 0.2) is 6.29 Å². The molecule has 0 N–H and O–H groups in total. The van der Waals surface area contributed by atoms with E-state index in [0.29, 0.717) is 11.6 Å². The molecule has 1 heterocycles. The van der Waals surface area contributed by atoms with Crippen molar-refractivity contribution in [1.29, 1.82) is 0 Å². The second-order valence-corrected chi connectivity index (χ2v) is 6.46. The van der Waals surface area contributed by atoms with Gasteiger partial charge in [-0.2, -0.15) is 0 Å². The molecule has 3 rings (SSSR count). The second-order valence-electron chi connectivity index (χ2n) is 6.46. The van der Waals surface area contributed by atoms with Crippen molar-refractivity contribution in [2.24, 2.45) is 0 Å². The Kier molecular flexibility index (Phi) is 2.96. The number of carbonyl (C=O) groups excluding carboxylic acids is 1. The van der Waals surface area contributed by atoms with E-state index in [-0.39, 0.29) is 5.41 Å². The summed E-state index contributed by atoms with van der Waals surface area (Å²) in [6, 6.07) is 8.34. The second kappa shape index (κ2) is 4.54. The third kappa shape index (κ3) is 2.26. The highest BCUT2D eigenvalue weighted by atomic mass is 16.1. The van der Waals surface area contributed by atoms with E-state index in [2.05, 4.69) is 55.3 Å². The number of aldehydes is 1. The number of aromatic nitrogens is 3. The molecule has 0 saturated heterocycles. The topological polar surface area (TPSA) is 47.8 Å². The van der Waals surface area contributed by atoms with Gasteiger partial charge in [0.25, 0.3) is 0 Å². The molecule has 104 valence electrons. The molecule has 0 unspecified atom stereocenters. The van der Waals surface area contributed by atoms with Crippen LogP contribution in [0, 0.1) is 0 Å². The summed E-state index contributed by atoms with van der Waals surface area (Å²) in [6.07, 6.45) is 3.04. The summed E-state index contributed by atoms with van der Waals surface area (Å²) in [4.78, 5) is 11.1. The first-order valence-electron chi connectivity index (χ1n) is 7.02. The van der Waals surface area contributed by atoms with Crippen LogP contribution in [0.5, 0.6) is 0 Å². The minimum Gasteiger partial charge on any atom is -0.296 e. The number of hydrogen-bond donors (Lipinski definition) is 0. The van der Waals surface area contributed by atoms with Crippen LogP contribution in [0.4, 0.5) is 0 Å². The van der Waals surface area contributed by atoms with Gasteiger partial charge in [0.1, 0.15) is 5.69 Å². The third-order valence-corrected chi connectivity index (χ3v) is 3.79. The number of carbonyl (C=O) groups is 1. The first-order chi connectivity index (χ1) is 9.50. The molecule has 0 radical (unpaired) electrons. The lowest BCUT2D eigenvalue weighted by atomic mass is 9.87. The Balaban J connectivity index is 2.01. The monoisotopic (exact) mass is 269 g/mol. The molecule has 4 nitrogen and oxygen atoms in total. The van der Waals surface area contributed by atoms with E-state index >= 15 is 0 Å². The summed E-state index contributed by atoms with van der Waals surface area (Å²) in [5.74, 6) is 0.437. The average Bonchev–Trinajstić information content (AvgIpc) is 3.17. The van der Waals surface area contributed by atoms with Gasteiger partial charge in [-0.1, -0.05) is 38.1 Å². The number of benzene rings is 1. The van der Waals surface area contributed by atoms with Crippen molar-refractivity contribution in [3.05, 3.63) is 41.2 Å². The number of hydrogen-bond acceptors (Lipinski definition) is 3. The molecule has 0 aliphatic heterocycles. The summed E-state index contributed by atoms with van der Waals surface area (Å²) in [5, 5.41) is 8.13. The van der Waals surface area contributed by atoms with Gasteiger partial charge in [-0.15, -0.1) is 5.10 Å². The first-order valence-corrected chi connectivity index (χ1v) is 7.02. The van der Waals surface area contributed by atoms with Crippen LogP contribution in [-0.4, -0.2) is 21.3 Å². The fraction of sp³-hybridized carbons (Fsp3) is 0.438. The van der Waals surface area contributed by atoms with Gasteiger partial charge < -0.3 is 0 Å². The molecule has 1 aromatic carbocycles. The molecule has 20 heavy (non-hydrogen) atoms. The average molecular weight is 269 g/mol. The first kappa shape index (κ1) is 13.0. The van der Waals surface area contributed by atoms with Gasteiger partial charge in [-0.05, 0) is 36.0 Å². The van der Waals surface area contributed by atoms with Crippen LogP contribution in [0.1, 0.15) is 61.3 Å². The molecule has 0 amide bonds. The largest absolute Gasteiger partial charge is 0.296 e. The van der Waals surface area contributed by atoms with Gasteiger partial charge in [0.2, 0.25) is 0 Å². The molecule has 4 heteroatoms. The van der Waals surface area contributed by atoms with E-state index in [4.69, 9.17) is 0 Å². The quantitative estimate of drug-likeness (QED) is 0.803. The molecule has 1 fully saturated rings. The smallest absolute Gasteiger partial charge is 0.172 e. The predicted octanol–water partition coefficient (Wildman–Crippen LogP) is 3.25. The van der Waals surface area contributed by atoms with Crippen molar-refractivity contribution < 1.29 is 4.79 Å². The minimum absolute atomic E-state index is 0.133. The van der Waals surface area contributed by atoms with E-state index in [1.54, 1.807) is 0 Å². The molecule has 0 atom stereocenters. The van der Waals surface area contributed by atoms with Gasteiger partial charge in [-0.3, -0.25) is 4.79 Å². The van der Waals surface area contributed by atoms with E-state index in [9.17, 15) is 4.79 Å². The van der Waals surface area contributed by atoms with E-state index in [0.717, 1.165) is 30.5 Å². The van der Waals surface area contributed by atoms with Crippen molar-refractivity contribution in [3.63, 3.8) is 0 Å². The van der Waals surface area contributed by atoms with Crippen LogP contribution in [0.2, 0.25) is 0 Å². The van der Waals surface area contributed by atoms with Crippen LogP contribution in [0.3, 0.4) is 0 Å². The highest BCUT2D eigenvalue weighted by Gasteiger charge is 2.31. The third-order valence-electron chi connectivity index (χ3n) is 3.79. The minimum atomic E-state index is 0.133. The molecule has 0 bridgehead atoms. The normalized spacial score (nSPS) is 15.3. The number of rotatable bonds is 3. The Morgan fingerprint density at radius 2 is 1.85 bits per heavy atom. The van der Waals surface area contributed by atoms with E-state index in [1.165, 1.54) is 5.56 Å². The zero-order chi connectivity index (χ0) is 14.3. The predicted molar refractivity (Wildman–Crippen MR) is 77.4 cm³/mol. The Labute approximate surface area is 118 Å². The van der Waals surface area contributed by atoms with Crippen molar-refractivity contribution in [2.75, 3.05) is 0 Å².